The van der Waals surface area contributed by atoms with Crippen molar-refractivity contribution in [2.75, 3.05) is 13.7 Å². The average molecular weight is 426 g/mol. The van der Waals surface area contributed by atoms with Crippen LogP contribution in [0.1, 0.15) is 61.0 Å². The third-order valence-corrected chi connectivity index (χ3v) is 6.11. The van der Waals surface area contributed by atoms with E-state index in [0.717, 1.165) is 62.8 Å². The summed E-state index contributed by atoms with van der Waals surface area (Å²) in [4.78, 5) is 27.1. The van der Waals surface area contributed by atoms with E-state index in [4.69, 9.17) is 4.74 Å². The molecule has 0 unspecified atom stereocenters. The van der Waals surface area contributed by atoms with Crippen molar-refractivity contribution in [3.63, 3.8) is 0 Å². The van der Waals surface area contributed by atoms with Crippen LogP contribution in [0.15, 0.2) is 30.5 Å². The smallest absolute Gasteiger partial charge is 0.273 e. The van der Waals surface area contributed by atoms with Gasteiger partial charge in [-0.15, -0.1) is 5.10 Å². The van der Waals surface area contributed by atoms with Gasteiger partial charge in [-0.1, -0.05) is 17.3 Å². The van der Waals surface area contributed by atoms with Crippen LogP contribution in [0, 0.1) is 0 Å². The topological polar surface area (TPSA) is 89.4 Å². The molecule has 2 amide bonds. The minimum atomic E-state index is -0.151. The molecular weight excluding hydrogens is 394 g/mol. The number of rotatable bonds is 9. The van der Waals surface area contributed by atoms with Gasteiger partial charge in [-0.25, -0.2) is 0 Å². The number of aromatic nitrogens is 3. The highest BCUT2D eigenvalue weighted by Gasteiger charge is 2.27. The molecule has 0 radical (unpaired) electrons. The number of benzene rings is 1. The second-order valence-corrected chi connectivity index (χ2v) is 8.49. The van der Waals surface area contributed by atoms with E-state index in [-0.39, 0.29) is 17.9 Å². The maximum Gasteiger partial charge on any atom is 0.273 e. The van der Waals surface area contributed by atoms with Gasteiger partial charge in [-0.2, -0.15) is 0 Å². The Morgan fingerprint density at radius 3 is 2.71 bits per heavy atom. The van der Waals surface area contributed by atoms with E-state index in [9.17, 15) is 9.59 Å². The molecule has 0 bridgehead atoms. The van der Waals surface area contributed by atoms with Crippen molar-refractivity contribution < 1.29 is 14.3 Å². The number of nitrogens with one attached hydrogen (secondary N) is 1. The number of methoxy groups -OCH3 is 1. The quantitative estimate of drug-likeness (QED) is 0.667. The van der Waals surface area contributed by atoms with Crippen LogP contribution >= 0.6 is 0 Å². The summed E-state index contributed by atoms with van der Waals surface area (Å²) < 4.78 is 6.91. The van der Waals surface area contributed by atoms with Crippen molar-refractivity contribution in [3.8, 4) is 5.75 Å². The minimum Gasteiger partial charge on any atom is -0.497 e. The van der Waals surface area contributed by atoms with Gasteiger partial charge < -0.3 is 15.0 Å². The van der Waals surface area contributed by atoms with E-state index in [2.05, 4.69) is 15.6 Å². The first-order valence-corrected chi connectivity index (χ1v) is 11.3. The molecule has 8 nitrogen and oxygen atoms in total. The molecule has 2 aliphatic rings. The van der Waals surface area contributed by atoms with E-state index in [1.54, 1.807) is 18.0 Å². The van der Waals surface area contributed by atoms with Gasteiger partial charge in [0.1, 0.15) is 5.75 Å². The molecule has 1 saturated carbocycles. The lowest BCUT2D eigenvalue weighted by Gasteiger charge is -2.36. The van der Waals surface area contributed by atoms with Gasteiger partial charge in [0, 0.05) is 31.6 Å². The van der Waals surface area contributed by atoms with Crippen LogP contribution in [0.5, 0.6) is 5.75 Å². The second-order valence-electron chi connectivity index (χ2n) is 8.49. The van der Waals surface area contributed by atoms with Crippen LogP contribution in [0.4, 0.5) is 0 Å². The van der Waals surface area contributed by atoms with Gasteiger partial charge in [-0.05, 0) is 62.6 Å². The normalized spacial score (nSPS) is 18.6. The van der Waals surface area contributed by atoms with Crippen LogP contribution < -0.4 is 10.1 Å². The summed E-state index contributed by atoms with van der Waals surface area (Å²) >= 11 is 0. The van der Waals surface area contributed by atoms with Gasteiger partial charge >= 0.3 is 0 Å². The number of amides is 2. The molecule has 2 heterocycles. The number of ether oxygens (including phenoxy) is 1. The predicted molar refractivity (Wildman–Crippen MR) is 116 cm³/mol. The number of piperidine rings is 1. The third-order valence-electron chi connectivity index (χ3n) is 6.11. The zero-order valence-electron chi connectivity index (χ0n) is 18.1. The largest absolute Gasteiger partial charge is 0.497 e. The van der Waals surface area contributed by atoms with Crippen molar-refractivity contribution >= 4 is 11.8 Å². The van der Waals surface area contributed by atoms with Gasteiger partial charge in [-0.3, -0.25) is 14.3 Å². The Bertz CT molecular complexity index is 891. The average Bonchev–Trinajstić information content (AvgIpc) is 3.49. The summed E-state index contributed by atoms with van der Waals surface area (Å²) in [7, 11) is 1.65. The first-order chi connectivity index (χ1) is 15.1. The van der Waals surface area contributed by atoms with Crippen LogP contribution in [-0.4, -0.2) is 57.4 Å². The van der Waals surface area contributed by atoms with Crippen molar-refractivity contribution in [1.29, 1.82) is 0 Å². The molecule has 8 heteroatoms. The number of nitrogens with zero attached hydrogens (tertiary/aromatic N) is 4. The van der Waals surface area contributed by atoms with E-state index < -0.39 is 0 Å². The number of aryl methyl sites for hydroxylation is 2. The summed E-state index contributed by atoms with van der Waals surface area (Å²) in [5.74, 6) is 0.887. The standard InChI is InChI=1S/C23H31N5O3/c1-31-20-10-5-17(6-11-20)7-12-22(29)28-14-3-2-4-19(28)13-15-27-16-21(25-26-27)23(30)24-18-8-9-18/h5-6,10-11,16,18-19H,2-4,7-9,12-15H2,1H3,(H,24,30)/t19-/m0/s1. The molecule has 1 saturated heterocycles. The highest BCUT2D eigenvalue weighted by Crippen LogP contribution is 2.22. The fourth-order valence-corrected chi connectivity index (χ4v) is 4.10. The highest BCUT2D eigenvalue weighted by molar-refractivity contribution is 5.92. The number of hydrogen-bond acceptors (Lipinski definition) is 5. The second kappa shape index (κ2) is 9.94. The number of likely N-dealkylation sites (tertiary alicyclic amines) is 1. The lowest BCUT2D eigenvalue weighted by Crippen LogP contribution is -2.44. The Balaban J connectivity index is 1.28. The molecule has 1 aromatic heterocycles. The number of hydrogen-bond donors (Lipinski definition) is 1. The third kappa shape index (κ3) is 5.83. The summed E-state index contributed by atoms with van der Waals surface area (Å²) in [6.07, 6.45) is 9.06. The summed E-state index contributed by atoms with van der Waals surface area (Å²) in [6, 6.07) is 8.41. The Kier molecular flexibility index (Phi) is 6.84. The Labute approximate surface area is 182 Å². The SMILES string of the molecule is COc1ccc(CCC(=O)N2CCCC[C@H]2CCn2cc(C(=O)NC3CC3)nn2)cc1. The fraction of sp³-hybridized carbons (Fsp3) is 0.565. The van der Waals surface area contributed by atoms with Gasteiger partial charge in [0.15, 0.2) is 5.69 Å². The summed E-state index contributed by atoms with van der Waals surface area (Å²) in [6.45, 7) is 1.47. The van der Waals surface area contributed by atoms with Crippen LogP contribution in [-0.2, 0) is 17.8 Å². The maximum absolute atomic E-state index is 12.9. The van der Waals surface area contributed by atoms with E-state index in [0.29, 0.717) is 24.7 Å². The van der Waals surface area contributed by atoms with Crippen molar-refractivity contribution in [2.45, 2.75) is 70.0 Å². The van der Waals surface area contributed by atoms with Crippen molar-refractivity contribution in [2.24, 2.45) is 0 Å². The molecule has 31 heavy (non-hydrogen) atoms. The minimum absolute atomic E-state index is 0.151. The predicted octanol–water partition coefficient (Wildman–Crippen LogP) is 2.58. The molecule has 2 fully saturated rings. The Hall–Kier alpha value is -2.90. The van der Waals surface area contributed by atoms with Crippen molar-refractivity contribution in [1.82, 2.24) is 25.2 Å². The lowest BCUT2D eigenvalue weighted by molar-refractivity contribution is -0.135. The van der Waals surface area contributed by atoms with Crippen LogP contribution in [0.2, 0.25) is 0 Å². The molecule has 1 atom stereocenters. The van der Waals surface area contributed by atoms with Crippen LogP contribution in [0.25, 0.3) is 0 Å². The van der Waals surface area contributed by atoms with Gasteiger partial charge in [0.2, 0.25) is 5.91 Å². The first-order valence-electron chi connectivity index (χ1n) is 11.3. The lowest BCUT2D eigenvalue weighted by atomic mass is 9.98. The van der Waals surface area contributed by atoms with E-state index >= 15 is 0 Å². The zero-order valence-corrected chi connectivity index (χ0v) is 18.1. The highest BCUT2D eigenvalue weighted by atomic mass is 16.5. The number of carbonyl (C=O) groups is 2. The first kappa shape index (κ1) is 21.3. The van der Waals surface area contributed by atoms with E-state index in [1.807, 2.05) is 29.2 Å². The fourth-order valence-electron chi connectivity index (χ4n) is 4.10. The summed E-state index contributed by atoms with van der Waals surface area (Å²) in [5, 5.41) is 11.0. The maximum atomic E-state index is 12.9. The Morgan fingerprint density at radius 1 is 1.16 bits per heavy atom. The molecule has 1 N–H and O–H groups in total. The molecule has 4 rings (SSSR count). The number of carbonyl (C=O) groups excluding carboxylic acids is 2. The zero-order chi connectivity index (χ0) is 21.6. The monoisotopic (exact) mass is 425 g/mol. The molecule has 1 aromatic carbocycles. The van der Waals surface area contributed by atoms with E-state index in [1.165, 1.54) is 0 Å². The molecule has 166 valence electrons. The van der Waals surface area contributed by atoms with Gasteiger partial charge in [0.25, 0.3) is 5.91 Å². The molecule has 0 spiro atoms. The molecule has 1 aliphatic carbocycles. The summed E-state index contributed by atoms with van der Waals surface area (Å²) in [5.41, 5.74) is 1.50. The molecular formula is C23H31N5O3. The van der Waals surface area contributed by atoms with Crippen LogP contribution in [0.3, 0.4) is 0 Å². The van der Waals surface area contributed by atoms with Crippen molar-refractivity contribution in [3.05, 3.63) is 41.7 Å². The van der Waals surface area contributed by atoms with Gasteiger partial charge in [0.05, 0.1) is 13.3 Å². The molecule has 1 aliphatic heterocycles. The Morgan fingerprint density at radius 2 is 1.97 bits per heavy atom. The molecule has 2 aromatic rings.